The molecule has 0 bridgehead atoms. The smallest absolute Gasteiger partial charge is 0.320 e. The third kappa shape index (κ3) is 3.80. The lowest BCUT2D eigenvalue weighted by molar-refractivity contribution is -0.142. The Morgan fingerprint density at radius 2 is 1.68 bits per heavy atom. The molecule has 4 nitrogen and oxygen atoms in total. The number of benzene rings is 2. The van der Waals surface area contributed by atoms with E-state index < -0.39 is 12.0 Å². The first-order valence-electron chi connectivity index (χ1n) is 8.48. The summed E-state index contributed by atoms with van der Waals surface area (Å²) in [4.78, 5) is 15.9. The summed E-state index contributed by atoms with van der Waals surface area (Å²) in [6, 6.07) is 15.5. The molecule has 0 saturated carbocycles. The van der Waals surface area contributed by atoms with E-state index in [2.05, 4.69) is 34.1 Å². The van der Waals surface area contributed by atoms with Crippen LogP contribution in [-0.4, -0.2) is 42.7 Å². The summed E-state index contributed by atoms with van der Waals surface area (Å²) in [5, 5.41) is 10.3. The van der Waals surface area contributed by atoms with Crippen LogP contribution >= 0.6 is 11.6 Å². The van der Waals surface area contributed by atoms with E-state index in [1.165, 1.54) is 0 Å². The van der Waals surface area contributed by atoms with E-state index in [-0.39, 0.29) is 6.04 Å². The van der Waals surface area contributed by atoms with Crippen molar-refractivity contribution in [2.75, 3.05) is 25.5 Å². The Bertz CT molecular complexity index is 728. The van der Waals surface area contributed by atoms with Gasteiger partial charge in [0.15, 0.2) is 0 Å². The molecule has 0 amide bonds. The minimum atomic E-state index is -0.749. The molecule has 2 aromatic carbocycles. The summed E-state index contributed by atoms with van der Waals surface area (Å²) in [6.45, 7) is 0.777. The predicted octanol–water partition coefficient (Wildman–Crippen LogP) is 4.04. The molecular weight excluding hydrogens is 336 g/mol. The fourth-order valence-corrected chi connectivity index (χ4v) is 3.66. The summed E-state index contributed by atoms with van der Waals surface area (Å²) in [6.07, 6.45) is 1.59. The molecule has 0 aliphatic carbocycles. The fourth-order valence-electron chi connectivity index (χ4n) is 3.54. The minimum Gasteiger partial charge on any atom is -0.480 e. The molecule has 25 heavy (non-hydrogen) atoms. The highest BCUT2D eigenvalue weighted by Crippen LogP contribution is 2.36. The Kier molecular flexibility index (Phi) is 5.30. The van der Waals surface area contributed by atoms with Gasteiger partial charge in [-0.15, -0.1) is 0 Å². The van der Waals surface area contributed by atoms with Crippen molar-refractivity contribution in [3.63, 3.8) is 0 Å². The third-order valence-electron chi connectivity index (χ3n) is 4.82. The van der Waals surface area contributed by atoms with Crippen molar-refractivity contribution in [3.05, 3.63) is 64.7 Å². The first-order valence-corrected chi connectivity index (χ1v) is 8.86. The lowest BCUT2D eigenvalue weighted by Crippen LogP contribution is -2.39. The first-order chi connectivity index (χ1) is 12.0. The van der Waals surface area contributed by atoms with E-state index in [0.717, 1.165) is 29.8 Å². The van der Waals surface area contributed by atoms with Crippen LogP contribution in [0.5, 0.6) is 0 Å². The van der Waals surface area contributed by atoms with E-state index in [0.29, 0.717) is 11.4 Å². The molecule has 1 N–H and O–H groups in total. The summed E-state index contributed by atoms with van der Waals surface area (Å²) in [5.74, 6) is -0.749. The molecule has 0 radical (unpaired) electrons. The average molecular weight is 359 g/mol. The van der Waals surface area contributed by atoms with Crippen LogP contribution in [0.15, 0.2) is 48.5 Å². The second-order valence-corrected chi connectivity index (χ2v) is 7.11. The molecule has 1 fully saturated rings. The summed E-state index contributed by atoms with van der Waals surface area (Å²) < 4.78 is 0. The molecule has 5 heteroatoms. The number of carbonyl (C=O) groups is 1. The molecule has 2 unspecified atom stereocenters. The summed E-state index contributed by atoms with van der Waals surface area (Å²) in [5.41, 5.74) is 3.28. The number of hydrogen-bond acceptors (Lipinski definition) is 3. The summed E-state index contributed by atoms with van der Waals surface area (Å²) in [7, 11) is 4.01. The van der Waals surface area contributed by atoms with Crippen LogP contribution in [0.4, 0.5) is 5.69 Å². The molecule has 3 rings (SSSR count). The number of nitrogens with zero attached hydrogens (tertiary/aromatic N) is 2. The monoisotopic (exact) mass is 358 g/mol. The van der Waals surface area contributed by atoms with Crippen molar-refractivity contribution in [2.24, 2.45) is 0 Å². The maximum absolute atomic E-state index is 11.7. The maximum atomic E-state index is 11.7. The number of hydrogen-bond donors (Lipinski definition) is 1. The van der Waals surface area contributed by atoms with Gasteiger partial charge in [0.2, 0.25) is 0 Å². The Balaban J connectivity index is 2.02. The normalized spacial score (nSPS) is 18.9. The van der Waals surface area contributed by atoms with E-state index in [1.54, 1.807) is 0 Å². The van der Waals surface area contributed by atoms with Gasteiger partial charge in [0.1, 0.15) is 6.04 Å². The second kappa shape index (κ2) is 7.46. The zero-order valence-corrected chi connectivity index (χ0v) is 15.3. The quantitative estimate of drug-likeness (QED) is 0.875. The minimum absolute atomic E-state index is 0.0860. The molecule has 132 valence electrons. The van der Waals surface area contributed by atoms with Gasteiger partial charge in [-0.1, -0.05) is 35.9 Å². The molecule has 0 spiro atoms. The number of rotatable bonds is 5. The number of carboxylic acids is 1. The van der Waals surface area contributed by atoms with E-state index in [1.807, 2.05) is 38.4 Å². The van der Waals surface area contributed by atoms with E-state index >= 15 is 0 Å². The Hall–Kier alpha value is -2.04. The van der Waals surface area contributed by atoms with Gasteiger partial charge < -0.3 is 10.0 Å². The lowest BCUT2D eigenvalue weighted by atomic mass is 9.96. The Morgan fingerprint density at radius 3 is 2.20 bits per heavy atom. The van der Waals surface area contributed by atoms with Crippen LogP contribution < -0.4 is 4.90 Å². The molecule has 1 aliphatic rings. The van der Waals surface area contributed by atoms with Gasteiger partial charge in [0.05, 0.1) is 6.04 Å². The topological polar surface area (TPSA) is 43.8 Å². The number of aliphatic carboxylic acids is 1. The van der Waals surface area contributed by atoms with Crippen LogP contribution in [0.2, 0.25) is 5.02 Å². The van der Waals surface area contributed by atoms with Gasteiger partial charge in [-0.25, -0.2) is 0 Å². The molecule has 1 heterocycles. The van der Waals surface area contributed by atoms with Crippen LogP contribution in [0.1, 0.15) is 30.0 Å². The van der Waals surface area contributed by atoms with Crippen molar-refractivity contribution < 1.29 is 9.90 Å². The van der Waals surface area contributed by atoms with Gasteiger partial charge in [-0.2, -0.15) is 0 Å². The van der Waals surface area contributed by atoms with Crippen molar-refractivity contribution in [1.29, 1.82) is 0 Å². The third-order valence-corrected chi connectivity index (χ3v) is 5.07. The van der Waals surface area contributed by atoms with Crippen molar-refractivity contribution >= 4 is 23.3 Å². The van der Waals surface area contributed by atoms with Crippen LogP contribution in [-0.2, 0) is 4.79 Å². The molecule has 1 aliphatic heterocycles. The zero-order valence-electron chi connectivity index (χ0n) is 14.5. The van der Waals surface area contributed by atoms with Crippen LogP contribution in [0.25, 0.3) is 0 Å². The van der Waals surface area contributed by atoms with E-state index in [4.69, 9.17) is 11.6 Å². The standard InChI is InChI=1S/C20H23ClN2O2/c1-22(2)17-11-7-15(8-12-17)19(14-5-9-16(21)10-6-14)23-13-3-4-18(23)20(24)25/h5-12,18-19H,3-4,13H2,1-2H3,(H,24,25). The van der Waals surface area contributed by atoms with Gasteiger partial charge in [-0.3, -0.25) is 9.69 Å². The van der Waals surface area contributed by atoms with Crippen molar-refractivity contribution in [2.45, 2.75) is 24.9 Å². The maximum Gasteiger partial charge on any atom is 0.320 e. The van der Waals surface area contributed by atoms with Crippen LogP contribution in [0, 0.1) is 0 Å². The SMILES string of the molecule is CN(C)c1ccc(C(c2ccc(Cl)cc2)N2CCCC2C(=O)O)cc1. The predicted molar refractivity (Wildman–Crippen MR) is 101 cm³/mol. The Labute approximate surface area is 153 Å². The highest BCUT2D eigenvalue weighted by atomic mass is 35.5. The highest BCUT2D eigenvalue weighted by molar-refractivity contribution is 6.30. The van der Waals surface area contributed by atoms with Gasteiger partial charge in [0, 0.05) is 31.4 Å². The van der Waals surface area contributed by atoms with Crippen LogP contribution in [0.3, 0.4) is 0 Å². The number of halogens is 1. The second-order valence-electron chi connectivity index (χ2n) is 6.67. The fraction of sp³-hybridized carbons (Fsp3) is 0.350. The van der Waals surface area contributed by atoms with Gasteiger partial charge in [-0.05, 0) is 48.2 Å². The van der Waals surface area contributed by atoms with Gasteiger partial charge >= 0.3 is 5.97 Å². The molecule has 2 aromatic rings. The Morgan fingerprint density at radius 1 is 1.12 bits per heavy atom. The summed E-state index contributed by atoms with van der Waals surface area (Å²) >= 11 is 6.04. The largest absolute Gasteiger partial charge is 0.480 e. The number of likely N-dealkylation sites (tertiary alicyclic amines) is 1. The van der Waals surface area contributed by atoms with E-state index in [9.17, 15) is 9.90 Å². The highest BCUT2D eigenvalue weighted by Gasteiger charge is 2.36. The van der Waals surface area contributed by atoms with Gasteiger partial charge in [0.25, 0.3) is 0 Å². The average Bonchev–Trinajstić information content (AvgIpc) is 3.07. The first kappa shape index (κ1) is 17.8. The molecule has 1 saturated heterocycles. The molecule has 0 aromatic heterocycles. The zero-order chi connectivity index (χ0) is 18.0. The van der Waals surface area contributed by atoms with Crippen molar-refractivity contribution in [3.8, 4) is 0 Å². The van der Waals surface area contributed by atoms with Crippen molar-refractivity contribution in [1.82, 2.24) is 4.90 Å². The molecule has 2 atom stereocenters. The number of carboxylic acid groups (broad SMARTS) is 1. The molecular formula is C20H23ClN2O2. The lowest BCUT2D eigenvalue weighted by Gasteiger charge is -2.32. The number of anilines is 1.